The fourth-order valence-electron chi connectivity index (χ4n) is 3.15. The predicted octanol–water partition coefficient (Wildman–Crippen LogP) is 6.92. The molecule has 0 fully saturated rings. The average molecular weight is 372 g/mol. The Morgan fingerprint density at radius 2 is 1.67 bits per heavy atom. The van der Waals surface area contributed by atoms with Crippen LogP contribution in [0, 0.1) is 0 Å². The Kier molecular flexibility index (Phi) is 4.91. The molecule has 4 rings (SSSR count). The molecule has 0 spiro atoms. The fraction of sp³-hybridized carbons (Fsp3) is 0.0417. The lowest BCUT2D eigenvalue weighted by Gasteiger charge is -2.11. The van der Waals surface area contributed by atoms with Crippen LogP contribution in [0.15, 0.2) is 89.9 Å². The molecule has 0 saturated heterocycles. The molecule has 0 aliphatic rings. The van der Waals surface area contributed by atoms with Crippen molar-refractivity contribution in [2.75, 3.05) is 7.11 Å². The number of aliphatic imine (C=N–C) groups is 1. The highest BCUT2D eigenvalue weighted by Gasteiger charge is 2.08. The molecule has 0 bridgehead atoms. The summed E-state index contributed by atoms with van der Waals surface area (Å²) in [6.07, 6.45) is 1.93. The first-order valence-corrected chi connectivity index (χ1v) is 9.08. The molecule has 0 heterocycles. The maximum atomic E-state index is 6.22. The third kappa shape index (κ3) is 3.71. The van der Waals surface area contributed by atoms with Crippen molar-refractivity contribution in [1.29, 1.82) is 0 Å². The lowest BCUT2D eigenvalue weighted by Crippen LogP contribution is -1.91. The van der Waals surface area contributed by atoms with E-state index in [4.69, 9.17) is 21.3 Å². The molecule has 4 aromatic carbocycles. The normalized spacial score (nSPS) is 11.2. The third-order valence-electron chi connectivity index (χ3n) is 4.52. The number of rotatable bonds is 4. The summed E-state index contributed by atoms with van der Waals surface area (Å²) in [5.74, 6) is 0.818. The Morgan fingerprint density at radius 1 is 0.852 bits per heavy atom. The molecule has 4 aromatic rings. The quantitative estimate of drug-likeness (QED) is 0.357. The fourth-order valence-corrected chi connectivity index (χ4v) is 3.34. The summed E-state index contributed by atoms with van der Waals surface area (Å²) in [6, 6.07) is 28.2. The Bertz CT molecular complexity index is 1120. The van der Waals surface area contributed by atoms with Crippen molar-refractivity contribution in [2.45, 2.75) is 0 Å². The first-order valence-electron chi connectivity index (χ1n) is 8.70. The number of methoxy groups -OCH3 is 1. The molecule has 0 atom stereocenters. The van der Waals surface area contributed by atoms with E-state index in [0.717, 1.165) is 38.5 Å². The number of ether oxygens (including phenoxy) is 1. The van der Waals surface area contributed by atoms with Gasteiger partial charge in [0.05, 0.1) is 12.8 Å². The molecule has 0 radical (unpaired) electrons. The van der Waals surface area contributed by atoms with E-state index in [1.165, 1.54) is 5.39 Å². The topological polar surface area (TPSA) is 21.6 Å². The number of hydrogen-bond donors (Lipinski definition) is 0. The molecule has 132 valence electrons. The number of nitrogens with zero attached hydrogens (tertiary/aromatic N) is 1. The van der Waals surface area contributed by atoms with E-state index >= 15 is 0 Å². The molecule has 27 heavy (non-hydrogen) atoms. The lowest BCUT2D eigenvalue weighted by atomic mass is 9.95. The van der Waals surface area contributed by atoms with Gasteiger partial charge in [0, 0.05) is 16.8 Å². The van der Waals surface area contributed by atoms with Crippen molar-refractivity contribution >= 4 is 34.3 Å². The van der Waals surface area contributed by atoms with Crippen LogP contribution in [0.2, 0.25) is 5.02 Å². The third-order valence-corrected chi connectivity index (χ3v) is 4.76. The van der Waals surface area contributed by atoms with E-state index in [0.29, 0.717) is 0 Å². The second-order valence-electron chi connectivity index (χ2n) is 6.21. The van der Waals surface area contributed by atoms with E-state index < -0.39 is 0 Å². The van der Waals surface area contributed by atoms with Gasteiger partial charge in [-0.2, -0.15) is 0 Å². The van der Waals surface area contributed by atoms with Gasteiger partial charge >= 0.3 is 0 Å². The van der Waals surface area contributed by atoms with E-state index in [1.54, 1.807) is 7.11 Å². The standard InChI is InChI=1S/C24H18ClNO/c1-27-21-12-10-20(11-13-21)26-16-24-22-8-3-2-5-17(22)9-14-23(24)18-6-4-7-19(25)15-18/h2-16H,1H3. The van der Waals surface area contributed by atoms with Crippen molar-refractivity contribution in [2.24, 2.45) is 4.99 Å². The molecule has 2 nitrogen and oxygen atoms in total. The zero-order valence-electron chi connectivity index (χ0n) is 14.9. The highest BCUT2D eigenvalue weighted by molar-refractivity contribution is 6.30. The van der Waals surface area contributed by atoms with Gasteiger partial charge in [-0.1, -0.05) is 60.1 Å². The Morgan fingerprint density at radius 3 is 2.44 bits per heavy atom. The van der Waals surface area contributed by atoms with Crippen molar-refractivity contribution < 1.29 is 4.74 Å². The van der Waals surface area contributed by atoms with Gasteiger partial charge < -0.3 is 4.74 Å². The zero-order chi connectivity index (χ0) is 18.6. The van der Waals surface area contributed by atoms with Crippen LogP contribution in [0.3, 0.4) is 0 Å². The number of hydrogen-bond acceptors (Lipinski definition) is 2. The molecule has 0 amide bonds. The lowest BCUT2D eigenvalue weighted by molar-refractivity contribution is 0.415. The highest BCUT2D eigenvalue weighted by Crippen LogP contribution is 2.31. The largest absolute Gasteiger partial charge is 0.497 e. The van der Waals surface area contributed by atoms with Crippen LogP contribution in [0.1, 0.15) is 5.56 Å². The first-order chi connectivity index (χ1) is 13.2. The van der Waals surface area contributed by atoms with Gasteiger partial charge in [0.1, 0.15) is 5.75 Å². The van der Waals surface area contributed by atoms with Crippen LogP contribution in [0.5, 0.6) is 5.75 Å². The van der Waals surface area contributed by atoms with E-state index in [-0.39, 0.29) is 0 Å². The second kappa shape index (κ2) is 7.65. The molecule has 3 heteroatoms. The molecule has 0 unspecified atom stereocenters. The van der Waals surface area contributed by atoms with Crippen molar-refractivity contribution in [3.63, 3.8) is 0 Å². The van der Waals surface area contributed by atoms with Crippen LogP contribution in [0.25, 0.3) is 21.9 Å². The molecular weight excluding hydrogens is 354 g/mol. The van der Waals surface area contributed by atoms with Crippen LogP contribution in [-0.4, -0.2) is 13.3 Å². The maximum Gasteiger partial charge on any atom is 0.119 e. The van der Waals surface area contributed by atoms with Crippen molar-refractivity contribution in [1.82, 2.24) is 0 Å². The minimum absolute atomic E-state index is 0.721. The van der Waals surface area contributed by atoms with E-state index in [1.807, 2.05) is 54.7 Å². The number of benzene rings is 4. The summed E-state index contributed by atoms with van der Waals surface area (Å²) in [6.45, 7) is 0. The maximum absolute atomic E-state index is 6.22. The van der Waals surface area contributed by atoms with Gasteiger partial charge in [0.15, 0.2) is 0 Å². The molecule has 0 aromatic heterocycles. The van der Waals surface area contributed by atoms with Crippen LogP contribution in [0.4, 0.5) is 5.69 Å². The van der Waals surface area contributed by atoms with Gasteiger partial charge in [-0.15, -0.1) is 0 Å². The van der Waals surface area contributed by atoms with E-state index in [9.17, 15) is 0 Å². The van der Waals surface area contributed by atoms with Gasteiger partial charge in [0.2, 0.25) is 0 Å². The van der Waals surface area contributed by atoms with Gasteiger partial charge in [-0.25, -0.2) is 0 Å². The Labute approximate surface area is 163 Å². The number of halogens is 1. The second-order valence-corrected chi connectivity index (χ2v) is 6.65. The molecule has 0 saturated carbocycles. The van der Waals surface area contributed by atoms with Crippen molar-refractivity contribution in [3.8, 4) is 16.9 Å². The van der Waals surface area contributed by atoms with Crippen molar-refractivity contribution in [3.05, 3.63) is 95.5 Å². The SMILES string of the molecule is COc1ccc(N=Cc2c(-c3cccc(Cl)c3)ccc3ccccc23)cc1. The molecule has 0 aliphatic carbocycles. The zero-order valence-corrected chi connectivity index (χ0v) is 15.6. The van der Waals surface area contributed by atoms with Gasteiger partial charge in [-0.3, -0.25) is 4.99 Å². The van der Waals surface area contributed by atoms with Gasteiger partial charge in [-0.05, 0) is 58.3 Å². The number of fused-ring (bicyclic) bond motifs is 1. The molecular formula is C24H18ClNO. The summed E-state index contributed by atoms with van der Waals surface area (Å²) in [5.41, 5.74) is 4.13. The smallest absolute Gasteiger partial charge is 0.119 e. The predicted molar refractivity (Wildman–Crippen MR) is 115 cm³/mol. The Hall–Kier alpha value is -3.10. The summed E-state index contributed by atoms with van der Waals surface area (Å²) < 4.78 is 5.21. The molecule has 0 aliphatic heterocycles. The Balaban J connectivity index is 1.85. The minimum atomic E-state index is 0.721. The van der Waals surface area contributed by atoms with Crippen LogP contribution < -0.4 is 4.74 Å². The minimum Gasteiger partial charge on any atom is -0.497 e. The van der Waals surface area contributed by atoms with E-state index in [2.05, 4.69) is 36.4 Å². The average Bonchev–Trinajstić information content (AvgIpc) is 2.72. The first kappa shape index (κ1) is 17.3. The highest BCUT2D eigenvalue weighted by atomic mass is 35.5. The molecule has 0 N–H and O–H groups in total. The summed E-state index contributed by atoms with van der Waals surface area (Å²) in [5, 5.41) is 3.06. The summed E-state index contributed by atoms with van der Waals surface area (Å²) in [7, 11) is 1.66. The van der Waals surface area contributed by atoms with Crippen LogP contribution in [-0.2, 0) is 0 Å². The summed E-state index contributed by atoms with van der Waals surface area (Å²) >= 11 is 6.22. The van der Waals surface area contributed by atoms with Gasteiger partial charge in [0.25, 0.3) is 0 Å². The monoisotopic (exact) mass is 371 g/mol. The summed E-state index contributed by atoms with van der Waals surface area (Å²) in [4.78, 5) is 4.70. The van der Waals surface area contributed by atoms with Crippen LogP contribution >= 0.6 is 11.6 Å².